The smallest absolute Gasteiger partial charge is 0.344 e. The van der Waals surface area contributed by atoms with E-state index in [2.05, 4.69) is 4.72 Å². The summed E-state index contributed by atoms with van der Waals surface area (Å²) in [5.41, 5.74) is 1.57. The second-order valence-corrected chi connectivity index (χ2v) is 11.5. The van der Waals surface area contributed by atoms with E-state index in [1.807, 2.05) is 0 Å². The van der Waals surface area contributed by atoms with E-state index in [1.54, 1.807) is 45.8 Å². The third kappa shape index (κ3) is 5.58. The molecule has 5 rings (SSSR count). The predicted octanol–water partition coefficient (Wildman–Crippen LogP) is 4.19. The Kier molecular flexibility index (Phi) is 7.10. The molecule has 0 amide bonds. The van der Waals surface area contributed by atoms with Gasteiger partial charge in [-0.2, -0.15) is 0 Å². The van der Waals surface area contributed by atoms with Crippen molar-refractivity contribution in [2.75, 3.05) is 4.72 Å². The SMILES string of the molecule is O=C(O)C1CCc2cc(S(=O)(=O)Nc3ccc(-n4ccn(CCCC5CCCC5)c4=O)cc3)ccc2O1. The molecule has 196 valence electrons. The molecular formula is C27H31N3O6S. The molecule has 3 aromatic rings. The summed E-state index contributed by atoms with van der Waals surface area (Å²) in [4.78, 5) is 24.1. The van der Waals surface area contributed by atoms with Crippen molar-refractivity contribution < 1.29 is 23.1 Å². The maximum Gasteiger partial charge on any atom is 0.344 e. The molecule has 1 atom stereocenters. The topological polar surface area (TPSA) is 120 Å². The maximum atomic E-state index is 13.0. The van der Waals surface area contributed by atoms with Crippen molar-refractivity contribution in [1.82, 2.24) is 9.13 Å². The fraction of sp³-hybridized carbons (Fsp3) is 0.407. The van der Waals surface area contributed by atoms with Crippen LogP contribution in [0.5, 0.6) is 5.75 Å². The predicted molar refractivity (Wildman–Crippen MR) is 139 cm³/mol. The lowest BCUT2D eigenvalue weighted by atomic mass is 10.0. The van der Waals surface area contributed by atoms with Crippen LogP contribution in [0.1, 0.15) is 50.5 Å². The van der Waals surface area contributed by atoms with Gasteiger partial charge in [0.05, 0.1) is 10.6 Å². The van der Waals surface area contributed by atoms with Crippen LogP contribution in [-0.4, -0.2) is 34.7 Å². The minimum atomic E-state index is -3.87. The molecule has 1 fully saturated rings. The summed E-state index contributed by atoms with van der Waals surface area (Å²) >= 11 is 0. The Hall–Kier alpha value is -3.53. The number of aryl methyl sites for hydroxylation is 2. The number of hydrogen-bond acceptors (Lipinski definition) is 5. The van der Waals surface area contributed by atoms with Gasteiger partial charge in [-0.15, -0.1) is 0 Å². The van der Waals surface area contributed by atoms with Gasteiger partial charge in [0, 0.05) is 24.6 Å². The van der Waals surface area contributed by atoms with Crippen LogP contribution in [0.2, 0.25) is 0 Å². The first-order valence-corrected chi connectivity index (χ1v) is 14.2. The zero-order valence-electron chi connectivity index (χ0n) is 20.5. The summed E-state index contributed by atoms with van der Waals surface area (Å²) in [7, 11) is -3.87. The summed E-state index contributed by atoms with van der Waals surface area (Å²) in [5, 5.41) is 9.14. The molecule has 9 nitrogen and oxygen atoms in total. The largest absolute Gasteiger partial charge is 0.479 e. The highest BCUT2D eigenvalue weighted by Gasteiger charge is 2.27. The quantitative estimate of drug-likeness (QED) is 0.432. The number of carboxylic acid groups (broad SMARTS) is 1. The summed E-state index contributed by atoms with van der Waals surface area (Å²) < 4.78 is 37.2. The van der Waals surface area contributed by atoms with Gasteiger partial charge < -0.3 is 9.84 Å². The number of ether oxygens (including phenoxy) is 1. The molecule has 2 heterocycles. The van der Waals surface area contributed by atoms with Crippen molar-refractivity contribution >= 4 is 21.7 Å². The minimum Gasteiger partial charge on any atom is -0.479 e. The van der Waals surface area contributed by atoms with Gasteiger partial charge in [0.2, 0.25) is 0 Å². The van der Waals surface area contributed by atoms with Crippen LogP contribution in [0.3, 0.4) is 0 Å². The Morgan fingerprint density at radius 2 is 1.81 bits per heavy atom. The maximum absolute atomic E-state index is 13.0. The number of imidazole rings is 1. The summed E-state index contributed by atoms with van der Waals surface area (Å²) in [6.07, 6.45) is 10.7. The standard InChI is InChI=1S/C27H31N3O6S/c31-26(32)25-13-7-20-18-23(12-14-24(20)36-25)37(34,35)28-21-8-10-22(11-9-21)30-17-16-29(27(30)33)15-3-6-19-4-1-2-5-19/h8-12,14,16-19,25,28H,1-7,13,15H2,(H,31,32). The van der Waals surface area contributed by atoms with Crippen LogP contribution < -0.4 is 15.1 Å². The molecule has 0 bridgehead atoms. The van der Waals surface area contributed by atoms with Gasteiger partial charge >= 0.3 is 11.7 Å². The first kappa shape index (κ1) is 25.1. The average Bonchev–Trinajstić information content (AvgIpc) is 3.54. The van der Waals surface area contributed by atoms with Crippen LogP contribution in [0.15, 0.2) is 64.5 Å². The molecule has 2 N–H and O–H groups in total. The van der Waals surface area contributed by atoms with Crippen LogP contribution in [0.25, 0.3) is 5.69 Å². The molecule has 2 aliphatic rings. The number of aromatic nitrogens is 2. The van der Waals surface area contributed by atoms with Gasteiger partial charge in [0.15, 0.2) is 6.10 Å². The lowest BCUT2D eigenvalue weighted by Gasteiger charge is -2.23. The van der Waals surface area contributed by atoms with Gasteiger partial charge in [-0.1, -0.05) is 25.7 Å². The zero-order chi connectivity index (χ0) is 26.0. The van der Waals surface area contributed by atoms with E-state index in [9.17, 15) is 18.0 Å². The monoisotopic (exact) mass is 525 g/mol. The summed E-state index contributed by atoms with van der Waals surface area (Å²) in [6.45, 7) is 0.697. The highest BCUT2D eigenvalue weighted by atomic mass is 32.2. The number of benzene rings is 2. The molecule has 0 spiro atoms. The van der Waals surface area contributed by atoms with E-state index in [0.717, 1.165) is 18.8 Å². The normalized spacial score (nSPS) is 17.8. The number of sulfonamides is 1. The fourth-order valence-electron chi connectivity index (χ4n) is 5.24. The van der Waals surface area contributed by atoms with Crippen molar-refractivity contribution in [3.63, 3.8) is 0 Å². The molecule has 0 saturated heterocycles. The van der Waals surface area contributed by atoms with E-state index >= 15 is 0 Å². The van der Waals surface area contributed by atoms with Crippen molar-refractivity contribution in [2.45, 2.75) is 68.9 Å². The van der Waals surface area contributed by atoms with Crippen molar-refractivity contribution in [3.8, 4) is 11.4 Å². The van der Waals surface area contributed by atoms with E-state index in [0.29, 0.717) is 35.7 Å². The molecule has 2 aromatic carbocycles. The molecule has 1 aliphatic heterocycles. The number of aliphatic carboxylic acids is 1. The van der Waals surface area contributed by atoms with Crippen LogP contribution in [0.4, 0.5) is 5.69 Å². The average molecular weight is 526 g/mol. The number of hydrogen-bond donors (Lipinski definition) is 2. The highest BCUT2D eigenvalue weighted by Crippen LogP contribution is 2.31. The first-order valence-electron chi connectivity index (χ1n) is 12.7. The Balaban J connectivity index is 1.24. The summed E-state index contributed by atoms with van der Waals surface area (Å²) in [5.74, 6) is 0.150. The number of nitrogens with zero attached hydrogens (tertiary/aromatic N) is 2. The Bertz CT molecular complexity index is 1440. The van der Waals surface area contributed by atoms with Crippen LogP contribution in [0, 0.1) is 5.92 Å². The molecule has 1 aliphatic carbocycles. The van der Waals surface area contributed by atoms with Gasteiger partial charge in [-0.25, -0.2) is 18.0 Å². The number of rotatable bonds is 9. The zero-order valence-corrected chi connectivity index (χ0v) is 21.3. The Morgan fingerprint density at radius 1 is 1.05 bits per heavy atom. The second-order valence-electron chi connectivity index (χ2n) is 9.84. The molecule has 1 unspecified atom stereocenters. The third-order valence-corrected chi connectivity index (χ3v) is 8.67. The molecule has 0 radical (unpaired) electrons. The fourth-order valence-corrected chi connectivity index (χ4v) is 6.35. The van der Waals surface area contributed by atoms with Crippen LogP contribution >= 0.6 is 0 Å². The lowest BCUT2D eigenvalue weighted by molar-refractivity contribution is -0.145. The van der Waals surface area contributed by atoms with E-state index in [-0.39, 0.29) is 17.0 Å². The van der Waals surface area contributed by atoms with E-state index in [1.165, 1.54) is 43.9 Å². The number of carbonyl (C=O) groups is 1. The van der Waals surface area contributed by atoms with Crippen molar-refractivity contribution in [1.29, 1.82) is 0 Å². The molecule has 10 heteroatoms. The summed E-state index contributed by atoms with van der Waals surface area (Å²) in [6, 6.07) is 11.1. The number of carboxylic acids is 1. The van der Waals surface area contributed by atoms with E-state index < -0.39 is 22.1 Å². The first-order chi connectivity index (χ1) is 17.8. The number of fused-ring (bicyclic) bond motifs is 1. The number of nitrogens with one attached hydrogen (secondary N) is 1. The number of anilines is 1. The van der Waals surface area contributed by atoms with Gasteiger partial charge in [-0.3, -0.25) is 13.9 Å². The minimum absolute atomic E-state index is 0.0681. The Labute approximate surface area is 215 Å². The molecule has 1 saturated carbocycles. The van der Waals surface area contributed by atoms with Crippen LogP contribution in [-0.2, 0) is 27.8 Å². The van der Waals surface area contributed by atoms with Gasteiger partial charge in [0.1, 0.15) is 5.75 Å². The van der Waals surface area contributed by atoms with Gasteiger partial charge in [0.25, 0.3) is 10.0 Å². The second kappa shape index (κ2) is 10.5. The lowest BCUT2D eigenvalue weighted by Crippen LogP contribution is -2.31. The third-order valence-electron chi connectivity index (χ3n) is 7.29. The molecule has 37 heavy (non-hydrogen) atoms. The van der Waals surface area contributed by atoms with Gasteiger partial charge in [-0.05, 0) is 79.6 Å². The van der Waals surface area contributed by atoms with Crippen molar-refractivity contribution in [2.24, 2.45) is 5.92 Å². The van der Waals surface area contributed by atoms with E-state index in [4.69, 9.17) is 9.84 Å². The Morgan fingerprint density at radius 3 is 2.54 bits per heavy atom. The highest BCUT2D eigenvalue weighted by molar-refractivity contribution is 7.92. The molecule has 1 aromatic heterocycles. The molecular weight excluding hydrogens is 494 g/mol. The van der Waals surface area contributed by atoms with Crippen molar-refractivity contribution in [3.05, 3.63) is 70.9 Å².